The number of benzene rings is 1. The maximum atomic E-state index is 12.3. The highest BCUT2D eigenvalue weighted by Crippen LogP contribution is 2.27. The Morgan fingerprint density at radius 1 is 1.29 bits per heavy atom. The van der Waals surface area contributed by atoms with Gasteiger partial charge in [-0.15, -0.1) is 5.10 Å². The Morgan fingerprint density at radius 2 is 2.03 bits per heavy atom. The molecule has 0 bridgehead atoms. The van der Waals surface area contributed by atoms with Crippen LogP contribution in [-0.2, 0) is 11.3 Å². The maximum Gasteiger partial charge on any atom is 0.410 e. The first kappa shape index (κ1) is 23.0. The lowest BCUT2D eigenvalue weighted by molar-refractivity contribution is 0.0349. The Balaban J connectivity index is 1.69. The third-order valence-electron chi connectivity index (χ3n) is 5.41. The fourth-order valence-corrected chi connectivity index (χ4v) is 3.77. The molecule has 1 aromatic heterocycles. The molecule has 2 heterocycles. The molecule has 0 unspecified atom stereocenters. The molecule has 0 saturated carbocycles. The van der Waals surface area contributed by atoms with E-state index in [1.54, 1.807) is 6.92 Å². The third-order valence-corrected chi connectivity index (χ3v) is 5.41. The van der Waals surface area contributed by atoms with Crippen LogP contribution in [0.3, 0.4) is 0 Å². The molecule has 0 spiro atoms. The van der Waals surface area contributed by atoms with Crippen molar-refractivity contribution in [3.8, 4) is 0 Å². The van der Waals surface area contributed by atoms with Gasteiger partial charge in [0, 0.05) is 37.9 Å². The normalized spacial score (nSPS) is 18.3. The highest BCUT2D eigenvalue weighted by atomic mass is 16.6. The molecular weight excluding hydrogens is 396 g/mol. The summed E-state index contributed by atoms with van der Waals surface area (Å²) in [5, 5.41) is 11.2. The molecule has 2 atom stereocenters. The number of aryl methyl sites for hydroxylation is 1. The van der Waals surface area contributed by atoms with Crippen LogP contribution in [0.4, 0.5) is 16.5 Å². The zero-order chi connectivity index (χ0) is 22.7. The van der Waals surface area contributed by atoms with E-state index in [0.717, 1.165) is 36.4 Å². The number of ether oxygens (including phenoxy) is 1. The molecule has 0 radical (unpaired) electrons. The van der Waals surface area contributed by atoms with Crippen LogP contribution in [0.1, 0.15) is 56.3 Å². The lowest BCUT2D eigenvalue weighted by Crippen LogP contribution is -2.54. The van der Waals surface area contributed by atoms with Crippen LogP contribution in [0.15, 0.2) is 16.5 Å². The lowest BCUT2D eigenvalue weighted by Gasteiger charge is -2.39. The van der Waals surface area contributed by atoms with Gasteiger partial charge in [-0.25, -0.2) is 4.79 Å². The molecule has 3 N–H and O–H groups in total. The summed E-state index contributed by atoms with van der Waals surface area (Å²) in [5.74, 6) is 0.399. The van der Waals surface area contributed by atoms with Crippen molar-refractivity contribution in [3.05, 3.63) is 34.7 Å². The average Bonchev–Trinajstić information content (AvgIpc) is 3.14. The van der Waals surface area contributed by atoms with Crippen molar-refractivity contribution in [3.63, 3.8) is 0 Å². The van der Waals surface area contributed by atoms with Crippen LogP contribution in [-0.4, -0.2) is 57.9 Å². The van der Waals surface area contributed by atoms with E-state index in [0.29, 0.717) is 18.5 Å². The SMILES string of the molecule is Cc1cc(CN2CCN(C(=O)OC(C)C)[C@@H](C)C2)c(C)c(Nc2nnc([C@H](C)N)o2)c1. The number of hydrogen-bond acceptors (Lipinski definition) is 8. The molecule has 9 heteroatoms. The van der Waals surface area contributed by atoms with Crippen molar-refractivity contribution in [2.24, 2.45) is 5.73 Å². The Bertz CT molecular complexity index is 911. The quantitative estimate of drug-likeness (QED) is 0.717. The van der Waals surface area contributed by atoms with Crippen molar-refractivity contribution in [2.45, 2.75) is 66.3 Å². The minimum atomic E-state index is -0.310. The topological polar surface area (TPSA) is 110 Å². The van der Waals surface area contributed by atoms with Crippen LogP contribution in [0.2, 0.25) is 0 Å². The number of nitrogens with one attached hydrogen (secondary N) is 1. The summed E-state index contributed by atoms with van der Waals surface area (Å²) in [4.78, 5) is 16.5. The summed E-state index contributed by atoms with van der Waals surface area (Å²) < 4.78 is 11.0. The molecule has 31 heavy (non-hydrogen) atoms. The van der Waals surface area contributed by atoms with E-state index >= 15 is 0 Å². The van der Waals surface area contributed by atoms with Crippen LogP contribution in [0, 0.1) is 13.8 Å². The molecule has 1 aromatic carbocycles. The van der Waals surface area contributed by atoms with Gasteiger partial charge >= 0.3 is 12.1 Å². The summed E-state index contributed by atoms with van der Waals surface area (Å²) in [7, 11) is 0. The molecule has 1 aliphatic rings. The molecule has 0 aliphatic carbocycles. The number of nitrogens with two attached hydrogens (primary N) is 1. The van der Waals surface area contributed by atoms with Gasteiger partial charge in [0.15, 0.2) is 0 Å². The zero-order valence-electron chi connectivity index (χ0n) is 19.3. The molecule has 1 amide bonds. The molecule has 1 aliphatic heterocycles. The predicted molar refractivity (Wildman–Crippen MR) is 119 cm³/mol. The fraction of sp³-hybridized carbons (Fsp3) is 0.591. The van der Waals surface area contributed by atoms with Crippen molar-refractivity contribution >= 4 is 17.8 Å². The van der Waals surface area contributed by atoms with Gasteiger partial charge in [0.2, 0.25) is 5.89 Å². The lowest BCUT2D eigenvalue weighted by atomic mass is 10.0. The second-order valence-electron chi connectivity index (χ2n) is 8.67. The van der Waals surface area contributed by atoms with Gasteiger partial charge in [-0.2, -0.15) is 0 Å². The molecule has 170 valence electrons. The number of piperazine rings is 1. The second kappa shape index (κ2) is 9.65. The Hall–Kier alpha value is -2.65. The molecule has 1 fully saturated rings. The molecule has 9 nitrogen and oxygen atoms in total. The van der Waals surface area contributed by atoms with E-state index in [4.69, 9.17) is 14.9 Å². The summed E-state index contributed by atoms with van der Waals surface area (Å²) in [6, 6.07) is 4.38. The molecule has 3 rings (SSSR count). The Morgan fingerprint density at radius 3 is 2.65 bits per heavy atom. The number of carbonyl (C=O) groups excluding carboxylic acids is 1. The largest absolute Gasteiger partial charge is 0.447 e. The molecular formula is C22H34N6O3. The van der Waals surface area contributed by atoms with Gasteiger partial charge in [0.25, 0.3) is 0 Å². The van der Waals surface area contributed by atoms with Gasteiger partial charge in [0.05, 0.1) is 12.1 Å². The minimum Gasteiger partial charge on any atom is -0.447 e. The maximum absolute atomic E-state index is 12.3. The van der Waals surface area contributed by atoms with Crippen molar-refractivity contribution in [1.82, 2.24) is 20.0 Å². The summed E-state index contributed by atoms with van der Waals surface area (Å²) >= 11 is 0. The highest BCUT2D eigenvalue weighted by molar-refractivity contribution is 5.68. The van der Waals surface area contributed by atoms with Gasteiger partial charge in [-0.3, -0.25) is 4.90 Å². The van der Waals surface area contributed by atoms with E-state index in [2.05, 4.69) is 53.3 Å². The second-order valence-corrected chi connectivity index (χ2v) is 8.67. The van der Waals surface area contributed by atoms with E-state index in [9.17, 15) is 4.79 Å². The number of nitrogens with zero attached hydrogens (tertiary/aromatic N) is 4. The monoisotopic (exact) mass is 430 g/mol. The summed E-state index contributed by atoms with van der Waals surface area (Å²) in [5.41, 5.74) is 10.2. The fourth-order valence-electron chi connectivity index (χ4n) is 3.77. The minimum absolute atomic E-state index is 0.0952. The zero-order valence-corrected chi connectivity index (χ0v) is 19.3. The number of anilines is 2. The van der Waals surface area contributed by atoms with Crippen LogP contribution >= 0.6 is 0 Å². The van der Waals surface area contributed by atoms with E-state index in [-0.39, 0.29) is 24.3 Å². The van der Waals surface area contributed by atoms with E-state index < -0.39 is 0 Å². The number of amides is 1. The van der Waals surface area contributed by atoms with E-state index in [1.807, 2.05) is 18.7 Å². The first-order valence-electron chi connectivity index (χ1n) is 10.8. The molecule has 2 aromatic rings. The predicted octanol–water partition coefficient (Wildman–Crippen LogP) is 3.50. The smallest absolute Gasteiger partial charge is 0.410 e. The summed E-state index contributed by atoms with van der Waals surface area (Å²) in [6.45, 7) is 14.8. The standard InChI is InChI=1S/C22H34N6O3/c1-13(2)30-22(29)28-8-7-27(11-15(28)4)12-18-9-14(3)10-19(16(18)5)24-21-26-25-20(31-21)17(6)23/h9-10,13,15,17H,7-8,11-12,23H2,1-6H3,(H,24,26)/t15-,17-/m0/s1. The number of hydrogen-bond donors (Lipinski definition) is 2. The average molecular weight is 431 g/mol. The van der Waals surface area contributed by atoms with Gasteiger partial charge < -0.3 is 25.1 Å². The van der Waals surface area contributed by atoms with Crippen LogP contribution in [0.5, 0.6) is 0 Å². The van der Waals surface area contributed by atoms with E-state index in [1.165, 1.54) is 5.56 Å². The number of aromatic nitrogens is 2. The van der Waals surface area contributed by atoms with Crippen LogP contribution < -0.4 is 11.1 Å². The van der Waals surface area contributed by atoms with Crippen LogP contribution in [0.25, 0.3) is 0 Å². The molecule has 1 saturated heterocycles. The van der Waals surface area contributed by atoms with Gasteiger partial charge in [-0.05, 0) is 64.3 Å². The first-order chi connectivity index (χ1) is 14.6. The summed E-state index contributed by atoms with van der Waals surface area (Å²) in [6.07, 6.45) is -0.340. The van der Waals surface area contributed by atoms with Crippen molar-refractivity contribution < 1.29 is 13.9 Å². The number of rotatable bonds is 6. The Labute approximate surface area is 183 Å². The Kier molecular flexibility index (Phi) is 7.17. The van der Waals surface area contributed by atoms with Crippen molar-refractivity contribution in [1.29, 1.82) is 0 Å². The third kappa shape index (κ3) is 5.74. The number of carbonyl (C=O) groups is 1. The van der Waals surface area contributed by atoms with Crippen molar-refractivity contribution in [2.75, 3.05) is 25.0 Å². The highest BCUT2D eigenvalue weighted by Gasteiger charge is 2.29. The first-order valence-corrected chi connectivity index (χ1v) is 10.8. The van der Waals surface area contributed by atoms with Gasteiger partial charge in [0.1, 0.15) is 0 Å². The van der Waals surface area contributed by atoms with Gasteiger partial charge in [-0.1, -0.05) is 11.2 Å².